The van der Waals surface area contributed by atoms with Gasteiger partial charge in [0.25, 0.3) is 5.78 Å². The van der Waals surface area contributed by atoms with Crippen molar-refractivity contribution >= 4 is 29.0 Å². The van der Waals surface area contributed by atoms with E-state index in [0.717, 1.165) is 31.9 Å². The molecule has 1 fully saturated rings. The molecule has 0 saturated carbocycles. The third-order valence-corrected chi connectivity index (χ3v) is 3.55. The zero-order valence-corrected chi connectivity index (χ0v) is 11.4. The van der Waals surface area contributed by atoms with E-state index >= 15 is 0 Å². The molecule has 19 heavy (non-hydrogen) atoms. The second-order valence-electron chi connectivity index (χ2n) is 4.59. The number of likely N-dealkylation sites (N-methyl/N-ethyl adjacent to an activating group) is 1. The Morgan fingerprint density at radius 3 is 2.37 bits per heavy atom. The predicted octanol–water partition coefficient (Wildman–Crippen LogP) is 1.36. The maximum absolute atomic E-state index is 11.3. The predicted molar refractivity (Wildman–Crippen MR) is 73.1 cm³/mol. The highest BCUT2D eigenvalue weighted by Crippen LogP contribution is 2.27. The summed E-state index contributed by atoms with van der Waals surface area (Å²) in [7, 11) is 2.06. The number of aliphatic carboxylic acids is 1. The summed E-state index contributed by atoms with van der Waals surface area (Å²) in [5, 5.41) is 9.08. The number of carboxylic acid groups (broad SMARTS) is 1. The molecule has 0 spiro atoms. The van der Waals surface area contributed by atoms with Gasteiger partial charge in [-0.1, -0.05) is 11.6 Å². The Bertz CT molecular complexity index is 511. The highest BCUT2D eigenvalue weighted by atomic mass is 35.5. The second-order valence-corrected chi connectivity index (χ2v) is 5.00. The molecule has 1 heterocycles. The lowest BCUT2D eigenvalue weighted by atomic mass is 10.1. The van der Waals surface area contributed by atoms with Crippen LogP contribution in [0.1, 0.15) is 10.4 Å². The van der Waals surface area contributed by atoms with Crippen LogP contribution in [-0.2, 0) is 4.79 Å². The van der Waals surface area contributed by atoms with Gasteiger partial charge in [0.15, 0.2) is 0 Å². The van der Waals surface area contributed by atoms with E-state index in [9.17, 15) is 9.59 Å². The monoisotopic (exact) mass is 282 g/mol. The fraction of sp³-hybridized carbons (Fsp3) is 0.385. The standard InChI is InChI=1S/C13H15ClN2O3/c1-15-4-6-16(7-5-15)11-3-2-9(8-10(11)14)12(17)13(18)19/h2-3,8H,4-7H2,1H3,(H,18,19). The molecule has 0 aliphatic carbocycles. The Kier molecular flexibility index (Phi) is 4.07. The van der Waals surface area contributed by atoms with E-state index in [2.05, 4.69) is 16.8 Å². The van der Waals surface area contributed by atoms with Crippen molar-refractivity contribution in [1.82, 2.24) is 4.90 Å². The lowest BCUT2D eigenvalue weighted by molar-refractivity contribution is -0.131. The molecular weight excluding hydrogens is 268 g/mol. The minimum Gasteiger partial charge on any atom is -0.475 e. The molecule has 1 aliphatic rings. The van der Waals surface area contributed by atoms with Crippen LogP contribution in [0.5, 0.6) is 0 Å². The quantitative estimate of drug-likeness (QED) is 0.670. The summed E-state index contributed by atoms with van der Waals surface area (Å²) >= 11 is 6.15. The molecule has 0 atom stereocenters. The lowest BCUT2D eigenvalue weighted by Crippen LogP contribution is -2.44. The van der Waals surface area contributed by atoms with Gasteiger partial charge in [-0.15, -0.1) is 0 Å². The highest BCUT2D eigenvalue weighted by molar-refractivity contribution is 6.41. The van der Waals surface area contributed by atoms with Gasteiger partial charge in [-0.25, -0.2) is 4.79 Å². The molecule has 1 aromatic rings. The Labute approximate surface area is 116 Å². The van der Waals surface area contributed by atoms with Gasteiger partial charge < -0.3 is 14.9 Å². The minimum absolute atomic E-state index is 0.107. The van der Waals surface area contributed by atoms with Crippen LogP contribution >= 0.6 is 11.6 Å². The van der Waals surface area contributed by atoms with Crippen molar-refractivity contribution in [2.75, 3.05) is 38.1 Å². The van der Waals surface area contributed by atoms with E-state index in [1.54, 1.807) is 6.07 Å². The molecule has 0 amide bonds. The zero-order chi connectivity index (χ0) is 14.0. The van der Waals surface area contributed by atoms with E-state index in [-0.39, 0.29) is 5.56 Å². The first-order valence-electron chi connectivity index (χ1n) is 5.99. The number of benzene rings is 1. The van der Waals surface area contributed by atoms with E-state index in [4.69, 9.17) is 16.7 Å². The van der Waals surface area contributed by atoms with Crippen LogP contribution < -0.4 is 4.90 Å². The van der Waals surface area contributed by atoms with E-state index < -0.39 is 11.8 Å². The zero-order valence-electron chi connectivity index (χ0n) is 10.6. The minimum atomic E-state index is -1.47. The van der Waals surface area contributed by atoms with Gasteiger partial charge in [-0.2, -0.15) is 0 Å². The maximum atomic E-state index is 11.3. The van der Waals surface area contributed by atoms with Crippen LogP contribution in [-0.4, -0.2) is 55.0 Å². The summed E-state index contributed by atoms with van der Waals surface area (Å²) in [4.78, 5) is 26.3. The number of carboxylic acids is 1. The lowest BCUT2D eigenvalue weighted by Gasteiger charge is -2.34. The molecule has 1 N–H and O–H groups in total. The van der Waals surface area contributed by atoms with Crippen LogP contribution in [0.3, 0.4) is 0 Å². The Morgan fingerprint density at radius 1 is 1.21 bits per heavy atom. The molecule has 1 aliphatic heterocycles. The number of piperazine rings is 1. The summed E-state index contributed by atoms with van der Waals surface area (Å²) < 4.78 is 0. The molecule has 0 radical (unpaired) electrons. The van der Waals surface area contributed by atoms with Crippen molar-refractivity contribution < 1.29 is 14.7 Å². The van der Waals surface area contributed by atoms with Gasteiger partial charge in [0, 0.05) is 31.7 Å². The van der Waals surface area contributed by atoms with E-state index in [1.165, 1.54) is 12.1 Å². The Morgan fingerprint density at radius 2 is 1.84 bits per heavy atom. The normalized spacial score (nSPS) is 16.4. The number of Topliss-reactive ketones (excluding diaryl/α,β-unsaturated/α-hetero) is 1. The maximum Gasteiger partial charge on any atom is 0.377 e. The first-order valence-corrected chi connectivity index (χ1v) is 6.37. The Hall–Kier alpha value is -1.59. The van der Waals surface area contributed by atoms with Gasteiger partial charge in [-0.3, -0.25) is 4.79 Å². The summed E-state index contributed by atoms with van der Waals surface area (Å²) in [6.45, 7) is 3.63. The largest absolute Gasteiger partial charge is 0.475 e. The van der Waals surface area contributed by atoms with Gasteiger partial charge in [0.2, 0.25) is 0 Å². The van der Waals surface area contributed by atoms with Crippen molar-refractivity contribution in [1.29, 1.82) is 0 Å². The molecule has 1 aromatic carbocycles. The van der Waals surface area contributed by atoms with Gasteiger partial charge in [0.1, 0.15) is 0 Å². The third kappa shape index (κ3) is 3.05. The summed E-state index contributed by atoms with van der Waals surface area (Å²) in [5.74, 6) is -2.41. The van der Waals surface area contributed by atoms with Gasteiger partial charge in [-0.05, 0) is 25.2 Å². The fourth-order valence-corrected chi connectivity index (χ4v) is 2.38. The number of halogens is 1. The number of anilines is 1. The molecule has 6 heteroatoms. The highest BCUT2D eigenvalue weighted by Gasteiger charge is 2.19. The molecule has 102 valence electrons. The molecule has 0 unspecified atom stereocenters. The van der Waals surface area contributed by atoms with Gasteiger partial charge in [0.05, 0.1) is 10.7 Å². The van der Waals surface area contributed by atoms with Crippen LogP contribution in [0.2, 0.25) is 5.02 Å². The molecule has 2 rings (SSSR count). The number of rotatable bonds is 3. The summed E-state index contributed by atoms with van der Waals surface area (Å²) in [6, 6.07) is 4.64. The molecule has 1 saturated heterocycles. The Balaban J connectivity index is 2.20. The molecule has 0 aromatic heterocycles. The molecular formula is C13H15ClN2O3. The topological polar surface area (TPSA) is 60.9 Å². The van der Waals surface area contributed by atoms with Crippen LogP contribution in [0.4, 0.5) is 5.69 Å². The molecule has 0 bridgehead atoms. The number of ketones is 1. The van der Waals surface area contributed by atoms with Crippen molar-refractivity contribution in [3.8, 4) is 0 Å². The number of nitrogens with zero attached hydrogens (tertiary/aromatic N) is 2. The second kappa shape index (κ2) is 5.59. The van der Waals surface area contributed by atoms with E-state index in [1.807, 2.05) is 0 Å². The average molecular weight is 283 g/mol. The van der Waals surface area contributed by atoms with Crippen molar-refractivity contribution in [2.24, 2.45) is 0 Å². The first-order chi connectivity index (χ1) is 8.99. The fourth-order valence-electron chi connectivity index (χ4n) is 2.08. The van der Waals surface area contributed by atoms with E-state index in [0.29, 0.717) is 5.02 Å². The van der Waals surface area contributed by atoms with Crippen molar-refractivity contribution in [3.05, 3.63) is 28.8 Å². The number of carbonyl (C=O) groups excluding carboxylic acids is 1. The summed E-state index contributed by atoms with van der Waals surface area (Å²) in [6.07, 6.45) is 0. The van der Waals surface area contributed by atoms with Crippen molar-refractivity contribution in [2.45, 2.75) is 0 Å². The van der Waals surface area contributed by atoms with Gasteiger partial charge >= 0.3 is 5.97 Å². The number of carbonyl (C=O) groups is 2. The van der Waals surface area contributed by atoms with Crippen molar-refractivity contribution in [3.63, 3.8) is 0 Å². The smallest absolute Gasteiger partial charge is 0.377 e. The van der Waals surface area contributed by atoms with Crippen LogP contribution in [0, 0.1) is 0 Å². The first kappa shape index (κ1) is 13.8. The van der Waals surface area contributed by atoms with Crippen LogP contribution in [0.25, 0.3) is 0 Å². The molecule has 5 nitrogen and oxygen atoms in total. The SMILES string of the molecule is CN1CCN(c2ccc(C(=O)C(=O)O)cc2Cl)CC1. The van der Waals surface area contributed by atoms with Crippen LogP contribution in [0.15, 0.2) is 18.2 Å². The third-order valence-electron chi connectivity index (χ3n) is 3.25. The average Bonchev–Trinajstić information content (AvgIpc) is 2.39. The number of hydrogen-bond donors (Lipinski definition) is 1. The number of hydrogen-bond acceptors (Lipinski definition) is 4. The summed E-state index contributed by atoms with van der Waals surface area (Å²) in [5.41, 5.74) is 0.951.